The van der Waals surface area contributed by atoms with Gasteiger partial charge in [-0.1, -0.05) is 60.1 Å². The number of benzene rings is 3. The first-order chi connectivity index (χ1) is 18.8. The number of carbonyl (C=O) groups excluding carboxylic acids is 2. The maximum atomic E-state index is 14.3. The average Bonchev–Trinajstić information content (AvgIpc) is 3.59. The minimum Gasteiger partial charge on any atom is -0.480 e. The Morgan fingerprint density at radius 1 is 0.897 bits per heavy atom. The number of amides is 1. The summed E-state index contributed by atoms with van der Waals surface area (Å²) in [4.78, 5) is 54.1. The van der Waals surface area contributed by atoms with Crippen molar-refractivity contribution in [1.82, 2.24) is 4.90 Å². The number of thiophene rings is 1. The monoisotopic (exact) mass is 560 g/mol. The van der Waals surface area contributed by atoms with E-state index in [1.54, 1.807) is 72.1 Å². The third-order valence-corrected chi connectivity index (χ3v) is 8.09. The lowest BCUT2D eigenvalue weighted by Gasteiger charge is -2.30. The van der Waals surface area contributed by atoms with Gasteiger partial charge >= 0.3 is 5.97 Å². The molecular formula is C29H21ClN2O6S. The fourth-order valence-electron chi connectivity index (χ4n) is 5.31. The summed E-state index contributed by atoms with van der Waals surface area (Å²) < 4.78 is 0. The van der Waals surface area contributed by atoms with E-state index < -0.39 is 46.5 Å². The van der Waals surface area contributed by atoms with Gasteiger partial charge in [0.15, 0.2) is 5.78 Å². The minimum atomic E-state index is -1.42. The standard InChI is InChI=1S/C29H21ClN2O6S/c30-20-11-4-10-19(15-20)27(33)24-23(22-13-6-14-39-22)26(29(35)36)31(28(34)17-7-2-1-3-8-17)25(24)18-9-5-12-21(16-18)32(37)38/h1-16,23-26H,(H,35,36). The van der Waals surface area contributed by atoms with Crippen LogP contribution < -0.4 is 0 Å². The van der Waals surface area contributed by atoms with Gasteiger partial charge in [0.25, 0.3) is 11.6 Å². The average molecular weight is 561 g/mol. The van der Waals surface area contributed by atoms with Crippen LogP contribution in [0.25, 0.3) is 0 Å². The molecule has 0 radical (unpaired) electrons. The number of nitro benzene ring substituents is 1. The summed E-state index contributed by atoms with van der Waals surface area (Å²) in [6, 6.07) is 21.1. The van der Waals surface area contributed by atoms with E-state index in [4.69, 9.17) is 11.6 Å². The molecule has 1 N–H and O–H groups in total. The maximum Gasteiger partial charge on any atom is 0.327 e. The molecule has 1 aliphatic rings. The van der Waals surface area contributed by atoms with Crippen LogP contribution in [0.15, 0.2) is 96.4 Å². The molecule has 4 unspecified atom stereocenters. The summed E-state index contributed by atoms with van der Waals surface area (Å²) in [7, 11) is 0. The third-order valence-electron chi connectivity index (χ3n) is 6.88. The van der Waals surface area contributed by atoms with Crippen molar-refractivity contribution in [1.29, 1.82) is 0 Å². The van der Waals surface area contributed by atoms with Crippen LogP contribution in [-0.2, 0) is 4.79 Å². The van der Waals surface area contributed by atoms with Crippen LogP contribution in [0.3, 0.4) is 0 Å². The number of halogens is 1. The molecule has 1 aromatic heterocycles. The molecule has 0 aliphatic carbocycles. The first kappa shape index (κ1) is 26.3. The van der Waals surface area contributed by atoms with Crippen LogP contribution in [-0.4, -0.2) is 38.6 Å². The molecule has 2 heterocycles. The number of non-ortho nitro benzene ring substituents is 1. The van der Waals surface area contributed by atoms with Gasteiger partial charge in [0, 0.05) is 39.1 Å². The Hall–Kier alpha value is -4.34. The summed E-state index contributed by atoms with van der Waals surface area (Å²) >= 11 is 7.48. The van der Waals surface area contributed by atoms with Gasteiger partial charge < -0.3 is 10.0 Å². The Morgan fingerprint density at radius 3 is 2.26 bits per heavy atom. The third kappa shape index (κ3) is 4.94. The minimum absolute atomic E-state index is 0.236. The zero-order valence-corrected chi connectivity index (χ0v) is 21.8. The van der Waals surface area contributed by atoms with Crippen molar-refractivity contribution in [2.24, 2.45) is 5.92 Å². The Kier molecular flexibility index (Phi) is 7.28. The Balaban J connectivity index is 1.79. The lowest BCUT2D eigenvalue weighted by molar-refractivity contribution is -0.385. The van der Waals surface area contributed by atoms with Crippen molar-refractivity contribution < 1.29 is 24.4 Å². The number of rotatable bonds is 7. The predicted molar refractivity (Wildman–Crippen MR) is 146 cm³/mol. The van der Waals surface area contributed by atoms with E-state index in [0.717, 1.165) is 0 Å². The fraction of sp³-hybridized carbons (Fsp3) is 0.138. The lowest BCUT2D eigenvalue weighted by atomic mass is 9.78. The van der Waals surface area contributed by atoms with Crippen LogP contribution >= 0.6 is 22.9 Å². The first-order valence-corrected chi connectivity index (χ1v) is 13.2. The number of carbonyl (C=O) groups is 3. The van der Waals surface area contributed by atoms with E-state index in [1.165, 1.54) is 40.5 Å². The molecule has 0 saturated carbocycles. The number of nitrogens with zero attached hydrogens (tertiary/aromatic N) is 2. The maximum absolute atomic E-state index is 14.3. The number of Topliss-reactive ketones (excluding diaryl/α,β-unsaturated/α-hetero) is 1. The quantitative estimate of drug-likeness (QED) is 0.162. The molecule has 1 saturated heterocycles. The second kappa shape index (κ2) is 10.8. The number of likely N-dealkylation sites (tertiary alicyclic amines) is 1. The Bertz CT molecular complexity index is 1560. The molecule has 196 valence electrons. The zero-order chi connectivity index (χ0) is 27.7. The van der Waals surface area contributed by atoms with E-state index in [9.17, 15) is 29.6 Å². The van der Waals surface area contributed by atoms with Gasteiger partial charge in [0.2, 0.25) is 0 Å². The molecule has 5 rings (SSSR count). The van der Waals surface area contributed by atoms with E-state index in [0.29, 0.717) is 15.5 Å². The van der Waals surface area contributed by atoms with Crippen LogP contribution in [0.5, 0.6) is 0 Å². The Morgan fingerprint density at radius 2 is 1.62 bits per heavy atom. The number of hydrogen-bond donors (Lipinski definition) is 1. The topological polar surface area (TPSA) is 118 Å². The highest BCUT2D eigenvalue weighted by molar-refractivity contribution is 7.10. The van der Waals surface area contributed by atoms with Crippen molar-refractivity contribution in [3.63, 3.8) is 0 Å². The molecular weight excluding hydrogens is 540 g/mol. The van der Waals surface area contributed by atoms with Crippen LogP contribution in [0.1, 0.15) is 43.1 Å². The summed E-state index contributed by atoms with van der Waals surface area (Å²) in [6.45, 7) is 0. The second-order valence-corrected chi connectivity index (χ2v) is 10.5. The lowest BCUT2D eigenvalue weighted by Crippen LogP contribution is -2.43. The molecule has 4 aromatic rings. The molecule has 39 heavy (non-hydrogen) atoms. The first-order valence-electron chi connectivity index (χ1n) is 12.0. The van der Waals surface area contributed by atoms with Gasteiger partial charge in [-0.2, -0.15) is 0 Å². The summed E-state index contributed by atoms with van der Waals surface area (Å²) in [5.41, 5.74) is 0.543. The van der Waals surface area contributed by atoms with E-state index in [-0.39, 0.29) is 16.8 Å². The molecule has 0 spiro atoms. The smallest absolute Gasteiger partial charge is 0.327 e. The molecule has 3 aromatic carbocycles. The van der Waals surface area contributed by atoms with Crippen molar-refractivity contribution in [2.45, 2.75) is 18.0 Å². The number of carboxylic acids is 1. The molecule has 8 nitrogen and oxygen atoms in total. The van der Waals surface area contributed by atoms with Gasteiger partial charge in [0.1, 0.15) is 6.04 Å². The van der Waals surface area contributed by atoms with E-state index >= 15 is 0 Å². The van der Waals surface area contributed by atoms with Gasteiger partial charge in [-0.05, 0) is 41.3 Å². The second-order valence-electron chi connectivity index (χ2n) is 9.10. The molecule has 1 amide bonds. The molecule has 4 atom stereocenters. The van der Waals surface area contributed by atoms with Crippen molar-refractivity contribution in [3.8, 4) is 0 Å². The molecule has 10 heteroatoms. The number of nitro groups is 1. The normalized spacial score (nSPS) is 20.5. The summed E-state index contributed by atoms with van der Waals surface area (Å²) in [5.74, 6) is -4.29. The van der Waals surface area contributed by atoms with Gasteiger partial charge in [-0.3, -0.25) is 19.7 Å². The summed E-state index contributed by atoms with van der Waals surface area (Å²) in [5, 5.41) is 24.3. The molecule has 1 aliphatic heterocycles. The van der Waals surface area contributed by atoms with Crippen LogP contribution in [0.2, 0.25) is 5.02 Å². The number of ketones is 1. The van der Waals surface area contributed by atoms with E-state index in [2.05, 4.69) is 0 Å². The summed E-state index contributed by atoms with van der Waals surface area (Å²) in [6.07, 6.45) is 0. The largest absolute Gasteiger partial charge is 0.480 e. The zero-order valence-electron chi connectivity index (χ0n) is 20.2. The van der Waals surface area contributed by atoms with E-state index in [1.807, 2.05) is 0 Å². The SMILES string of the molecule is O=C(c1cccc(Cl)c1)C1C(c2cccs2)C(C(=O)O)N(C(=O)c2ccccc2)C1c1cccc([N+](=O)[O-])c1. The Labute approximate surface area is 232 Å². The van der Waals surface area contributed by atoms with Crippen molar-refractivity contribution >= 4 is 46.3 Å². The molecule has 0 bridgehead atoms. The van der Waals surface area contributed by atoms with Crippen LogP contribution in [0.4, 0.5) is 5.69 Å². The van der Waals surface area contributed by atoms with Gasteiger partial charge in [0.05, 0.1) is 16.9 Å². The highest BCUT2D eigenvalue weighted by Crippen LogP contribution is 2.53. The highest BCUT2D eigenvalue weighted by atomic mass is 35.5. The number of hydrogen-bond acceptors (Lipinski definition) is 6. The number of aliphatic carboxylic acids is 1. The van der Waals surface area contributed by atoms with Gasteiger partial charge in [-0.15, -0.1) is 11.3 Å². The van der Waals surface area contributed by atoms with Gasteiger partial charge in [-0.25, -0.2) is 4.79 Å². The number of carboxylic acid groups (broad SMARTS) is 1. The highest BCUT2D eigenvalue weighted by Gasteiger charge is 2.58. The van der Waals surface area contributed by atoms with Crippen molar-refractivity contribution in [3.05, 3.63) is 133 Å². The van der Waals surface area contributed by atoms with Crippen LogP contribution in [0, 0.1) is 16.0 Å². The molecule has 1 fully saturated rings. The predicted octanol–water partition coefficient (Wildman–Crippen LogP) is 6.24. The van der Waals surface area contributed by atoms with Crippen molar-refractivity contribution in [2.75, 3.05) is 0 Å². The fourth-order valence-corrected chi connectivity index (χ4v) is 6.41.